The topological polar surface area (TPSA) is 61.9 Å². The smallest absolute Gasteiger partial charge is 0.164 e. The lowest BCUT2D eigenvalue weighted by molar-refractivity contribution is 0.788. The van der Waals surface area contributed by atoms with E-state index in [-0.39, 0.29) is 0 Å². The van der Waals surface area contributed by atoms with Gasteiger partial charge in [0.15, 0.2) is 5.65 Å². The van der Waals surface area contributed by atoms with Gasteiger partial charge in [-0.25, -0.2) is 9.97 Å². The minimum Gasteiger partial charge on any atom is -0.387 e. The molecule has 1 saturated heterocycles. The third kappa shape index (κ3) is 2.41. The zero-order valence-corrected chi connectivity index (χ0v) is 12.2. The first kappa shape index (κ1) is 13.1. The maximum absolute atomic E-state index is 4.68. The first-order valence-electron chi connectivity index (χ1n) is 7.11. The summed E-state index contributed by atoms with van der Waals surface area (Å²) < 4.78 is 0. The van der Waals surface area contributed by atoms with Crippen molar-refractivity contribution in [1.29, 1.82) is 0 Å². The lowest BCUT2D eigenvalue weighted by atomic mass is 10.1. The number of fused-ring (bicyclic) bond motifs is 1. The number of nitrogens with one attached hydrogen (secondary N) is 3. The number of pyridine rings is 2. The number of rotatable bonds is 3. The second kappa shape index (κ2) is 5.25. The SMILES string of the molecule is CNc1cc(N[C@@H]2CCNC2)nc2nc(C)cc(C)c12. The van der Waals surface area contributed by atoms with E-state index in [4.69, 9.17) is 0 Å². The normalized spacial score (nSPS) is 18.4. The van der Waals surface area contributed by atoms with Crippen LogP contribution in [-0.2, 0) is 0 Å². The lowest BCUT2D eigenvalue weighted by Crippen LogP contribution is -2.22. The number of anilines is 2. The van der Waals surface area contributed by atoms with Crippen molar-refractivity contribution < 1.29 is 0 Å². The van der Waals surface area contributed by atoms with Crippen LogP contribution in [0.3, 0.4) is 0 Å². The molecule has 0 aromatic carbocycles. The fraction of sp³-hybridized carbons (Fsp3) is 0.467. The fourth-order valence-electron chi connectivity index (χ4n) is 2.84. The van der Waals surface area contributed by atoms with Crippen molar-refractivity contribution in [1.82, 2.24) is 15.3 Å². The van der Waals surface area contributed by atoms with Crippen LogP contribution in [-0.4, -0.2) is 36.1 Å². The Hall–Kier alpha value is -1.88. The van der Waals surface area contributed by atoms with Crippen LogP contribution in [0.5, 0.6) is 0 Å². The van der Waals surface area contributed by atoms with E-state index >= 15 is 0 Å². The summed E-state index contributed by atoms with van der Waals surface area (Å²) in [5.41, 5.74) is 4.10. The number of aromatic nitrogens is 2. The maximum atomic E-state index is 4.68. The van der Waals surface area contributed by atoms with Gasteiger partial charge in [-0.2, -0.15) is 0 Å². The van der Waals surface area contributed by atoms with Crippen molar-refractivity contribution >= 4 is 22.5 Å². The van der Waals surface area contributed by atoms with Gasteiger partial charge in [-0.05, 0) is 38.4 Å². The summed E-state index contributed by atoms with van der Waals surface area (Å²) in [4.78, 5) is 9.25. The van der Waals surface area contributed by atoms with Gasteiger partial charge in [0.2, 0.25) is 0 Å². The van der Waals surface area contributed by atoms with E-state index in [0.717, 1.165) is 47.7 Å². The molecule has 3 rings (SSSR count). The fourth-order valence-corrected chi connectivity index (χ4v) is 2.84. The van der Waals surface area contributed by atoms with Crippen LogP contribution in [0.4, 0.5) is 11.5 Å². The molecule has 20 heavy (non-hydrogen) atoms. The Kier molecular flexibility index (Phi) is 3.44. The summed E-state index contributed by atoms with van der Waals surface area (Å²) in [5, 5.41) is 11.2. The highest BCUT2D eigenvalue weighted by molar-refractivity contribution is 5.93. The zero-order valence-electron chi connectivity index (χ0n) is 12.2. The van der Waals surface area contributed by atoms with Crippen LogP contribution in [0.15, 0.2) is 12.1 Å². The first-order chi connectivity index (χ1) is 9.67. The van der Waals surface area contributed by atoms with Gasteiger partial charge in [0.25, 0.3) is 0 Å². The monoisotopic (exact) mass is 271 g/mol. The lowest BCUT2D eigenvalue weighted by Gasteiger charge is -2.15. The standard InChI is InChI=1S/C15H21N5/c1-9-6-10(2)18-15-14(9)12(16-3)7-13(20-15)19-11-4-5-17-8-11/h6-7,11,17H,4-5,8H2,1-3H3,(H2,16,18,19,20)/t11-/m1/s1. The van der Waals surface area contributed by atoms with Crippen LogP contribution in [0.1, 0.15) is 17.7 Å². The van der Waals surface area contributed by atoms with Crippen LogP contribution in [0.25, 0.3) is 11.0 Å². The Morgan fingerprint density at radius 2 is 2.10 bits per heavy atom. The molecule has 0 radical (unpaired) electrons. The molecule has 0 aliphatic carbocycles. The van der Waals surface area contributed by atoms with Crippen LogP contribution >= 0.6 is 0 Å². The summed E-state index contributed by atoms with van der Waals surface area (Å²) in [5.74, 6) is 0.896. The summed E-state index contributed by atoms with van der Waals surface area (Å²) in [6.07, 6.45) is 1.13. The largest absolute Gasteiger partial charge is 0.387 e. The van der Waals surface area contributed by atoms with E-state index in [1.54, 1.807) is 0 Å². The van der Waals surface area contributed by atoms with E-state index < -0.39 is 0 Å². The third-order valence-corrected chi connectivity index (χ3v) is 3.78. The number of hydrogen-bond acceptors (Lipinski definition) is 5. The van der Waals surface area contributed by atoms with Gasteiger partial charge >= 0.3 is 0 Å². The quantitative estimate of drug-likeness (QED) is 0.797. The van der Waals surface area contributed by atoms with Crippen molar-refractivity contribution in [3.63, 3.8) is 0 Å². The Balaban J connectivity index is 2.05. The second-order valence-corrected chi connectivity index (χ2v) is 5.42. The average Bonchev–Trinajstić information content (AvgIpc) is 2.89. The molecule has 1 aliphatic heterocycles. The highest BCUT2D eigenvalue weighted by Gasteiger charge is 2.16. The van der Waals surface area contributed by atoms with Crippen LogP contribution < -0.4 is 16.0 Å². The van der Waals surface area contributed by atoms with Gasteiger partial charge in [0.1, 0.15) is 5.82 Å². The van der Waals surface area contributed by atoms with Gasteiger partial charge in [0, 0.05) is 42.5 Å². The Bertz CT molecular complexity index is 632. The average molecular weight is 271 g/mol. The minimum atomic E-state index is 0.454. The molecule has 1 fully saturated rings. The summed E-state index contributed by atoms with van der Waals surface area (Å²) in [7, 11) is 1.94. The van der Waals surface area contributed by atoms with Crippen molar-refractivity contribution in [2.45, 2.75) is 26.3 Å². The summed E-state index contributed by atoms with van der Waals surface area (Å²) in [6.45, 7) is 6.18. The van der Waals surface area contributed by atoms with Crippen LogP contribution in [0.2, 0.25) is 0 Å². The molecule has 5 heteroatoms. The number of hydrogen-bond donors (Lipinski definition) is 3. The van der Waals surface area contributed by atoms with Gasteiger partial charge in [-0.15, -0.1) is 0 Å². The second-order valence-electron chi connectivity index (χ2n) is 5.42. The molecular formula is C15H21N5. The predicted octanol–water partition coefficient (Wildman–Crippen LogP) is 2.06. The molecule has 3 heterocycles. The summed E-state index contributed by atoms with van der Waals surface area (Å²) in [6, 6.07) is 4.62. The van der Waals surface area contributed by atoms with E-state index in [9.17, 15) is 0 Å². The molecule has 106 valence electrons. The minimum absolute atomic E-state index is 0.454. The zero-order chi connectivity index (χ0) is 14.1. The molecule has 0 unspecified atom stereocenters. The number of nitrogens with zero attached hydrogens (tertiary/aromatic N) is 2. The van der Waals surface area contributed by atoms with Crippen molar-refractivity contribution in [3.8, 4) is 0 Å². The van der Waals surface area contributed by atoms with Crippen molar-refractivity contribution in [3.05, 3.63) is 23.4 Å². The molecule has 2 aromatic rings. The molecule has 3 N–H and O–H groups in total. The predicted molar refractivity (Wildman–Crippen MR) is 83.5 cm³/mol. The van der Waals surface area contributed by atoms with E-state index in [2.05, 4.69) is 45.0 Å². The Morgan fingerprint density at radius 1 is 1.25 bits per heavy atom. The third-order valence-electron chi connectivity index (χ3n) is 3.78. The van der Waals surface area contributed by atoms with Gasteiger partial charge in [0.05, 0.1) is 0 Å². The van der Waals surface area contributed by atoms with Crippen LogP contribution in [0, 0.1) is 13.8 Å². The molecule has 1 aliphatic rings. The van der Waals surface area contributed by atoms with Crippen molar-refractivity contribution in [2.75, 3.05) is 30.8 Å². The first-order valence-corrected chi connectivity index (χ1v) is 7.11. The maximum Gasteiger partial charge on any atom is 0.164 e. The highest BCUT2D eigenvalue weighted by Crippen LogP contribution is 2.28. The van der Waals surface area contributed by atoms with E-state index in [1.807, 2.05) is 14.0 Å². The summed E-state index contributed by atoms with van der Waals surface area (Å²) >= 11 is 0. The van der Waals surface area contributed by atoms with Gasteiger partial charge in [-0.3, -0.25) is 0 Å². The van der Waals surface area contributed by atoms with E-state index in [1.165, 1.54) is 5.56 Å². The Morgan fingerprint density at radius 3 is 2.80 bits per heavy atom. The molecule has 5 nitrogen and oxygen atoms in total. The molecule has 0 amide bonds. The Labute approximate surface area is 119 Å². The van der Waals surface area contributed by atoms with Gasteiger partial charge < -0.3 is 16.0 Å². The van der Waals surface area contributed by atoms with Crippen molar-refractivity contribution in [2.24, 2.45) is 0 Å². The van der Waals surface area contributed by atoms with E-state index in [0.29, 0.717) is 6.04 Å². The highest BCUT2D eigenvalue weighted by atomic mass is 15.1. The molecule has 0 saturated carbocycles. The number of aryl methyl sites for hydroxylation is 2. The molecular weight excluding hydrogens is 250 g/mol. The molecule has 0 spiro atoms. The van der Waals surface area contributed by atoms with Gasteiger partial charge in [-0.1, -0.05) is 0 Å². The molecule has 0 bridgehead atoms. The molecule has 2 aromatic heterocycles. The molecule has 1 atom stereocenters.